The highest BCUT2D eigenvalue weighted by Crippen LogP contribution is 2.51. The number of aryl methyl sites for hydroxylation is 3. The summed E-state index contributed by atoms with van der Waals surface area (Å²) in [7, 11) is -3.60. The second-order valence-corrected chi connectivity index (χ2v) is 16.9. The number of sulfone groups is 1. The summed E-state index contributed by atoms with van der Waals surface area (Å²) in [4.78, 5) is 20.6. The molecular formula is C38H41N5O3S2. The van der Waals surface area contributed by atoms with E-state index in [-0.39, 0.29) is 23.6 Å². The van der Waals surface area contributed by atoms with Gasteiger partial charge < -0.3 is 10.1 Å². The summed E-state index contributed by atoms with van der Waals surface area (Å²) in [5.74, 6) is 1.47. The van der Waals surface area contributed by atoms with E-state index in [1.165, 1.54) is 5.56 Å². The molecule has 1 unspecified atom stereocenters. The highest BCUT2D eigenvalue weighted by atomic mass is 32.2. The fourth-order valence-electron chi connectivity index (χ4n) is 7.83. The van der Waals surface area contributed by atoms with Gasteiger partial charge in [-0.05, 0) is 104 Å². The Balaban J connectivity index is 1.33. The molecule has 1 N–H and O–H groups in total. The molecular weight excluding hydrogens is 639 g/mol. The summed E-state index contributed by atoms with van der Waals surface area (Å²) in [5.41, 5.74) is 7.63. The molecule has 0 spiro atoms. The van der Waals surface area contributed by atoms with Gasteiger partial charge in [-0.1, -0.05) is 19.9 Å². The summed E-state index contributed by atoms with van der Waals surface area (Å²) in [6.45, 7) is 7.80. The lowest BCUT2D eigenvalue weighted by Crippen LogP contribution is -2.17. The number of anilines is 1. The van der Waals surface area contributed by atoms with E-state index in [1.54, 1.807) is 11.3 Å². The third kappa shape index (κ3) is 5.71. The van der Waals surface area contributed by atoms with Crippen LogP contribution in [0.5, 0.6) is 0 Å². The lowest BCUT2D eigenvalue weighted by molar-refractivity contribution is 0.0639. The van der Waals surface area contributed by atoms with E-state index in [4.69, 9.17) is 14.7 Å². The van der Waals surface area contributed by atoms with E-state index >= 15 is 0 Å². The van der Waals surface area contributed by atoms with Gasteiger partial charge in [-0.15, -0.1) is 11.3 Å². The van der Waals surface area contributed by atoms with E-state index in [2.05, 4.69) is 47.3 Å². The van der Waals surface area contributed by atoms with E-state index in [9.17, 15) is 8.42 Å². The predicted molar refractivity (Wildman–Crippen MR) is 191 cm³/mol. The standard InChI is InChI=1S/C38H41N5O3S2/c1-22(2)28-21-48(44,45)37-34(32-20-26-11-16-41-38(36(26)47-32)43-30-9-8-29-27(30)5-4-14-40-29)33(25-10-15-39-23(3)19-25)31(42-35(28)37)7-6-24-12-17-46-18-13-24/h4-5,10-11,14-16,19-20,22,24,28,30H,6-9,12-13,17-18,21H2,1-3H3,(H,41,43)/t28-,30?/m1/s1. The molecule has 48 heavy (non-hydrogen) atoms. The lowest BCUT2D eigenvalue weighted by atomic mass is 9.87. The zero-order valence-electron chi connectivity index (χ0n) is 27.7. The maximum Gasteiger partial charge on any atom is 0.181 e. The van der Waals surface area contributed by atoms with Crippen LogP contribution >= 0.6 is 11.3 Å². The smallest absolute Gasteiger partial charge is 0.181 e. The number of pyridine rings is 4. The van der Waals surface area contributed by atoms with Crippen molar-refractivity contribution in [3.8, 4) is 21.6 Å². The molecule has 0 saturated carbocycles. The van der Waals surface area contributed by atoms with E-state index in [0.29, 0.717) is 10.8 Å². The van der Waals surface area contributed by atoms with Crippen molar-refractivity contribution in [2.24, 2.45) is 11.8 Å². The number of fused-ring (bicyclic) bond motifs is 3. The molecule has 5 aromatic rings. The first-order chi connectivity index (χ1) is 23.3. The average Bonchev–Trinajstić information content (AvgIpc) is 3.78. The van der Waals surface area contributed by atoms with Gasteiger partial charge in [0.15, 0.2) is 9.84 Å². The zero-order chi connectivity index (χ0) is 33.0. The number of aromatic nitrogens is 4. The highest BCUT2D eigenvalue weighted by molar-refractivity contribution is 7.92. The SMILES string of the molecule is Cc1cc(-c2c(CCC3CCOCC3)nc3c(c2-c2cc4ccnc(NC5CCc6ncccc65)c4s2)S(=O)(=O)C[C@@H]3C(C)C)ccn1. The Kier molecular flexibility index (Phi) is 8.29. The molecule has 0 bridgehead atoms. The van der Waals surface area contributed by atoms with Gasteiger partial charge in [-0.3, -0.25) is 15.0 Å². The van der Waals surface area contributed by atoms with E-state index < -0.39 is 9.84 Å². The molecule has 0 amide bonds. The highest BCUT2D eigenvalue weighted by Gasteiger charge is 2.42. The Morgan fingerprint density at radius 1 is 1.00 bits per heavy atom. The summed E-state index contributed by atoms with van der Waals surface area (Å²) in [5, 5.41) is 4.77. The minimum absolute atomic E-state index is 0.0899. The first-order valence-electron chi connectivity index (χ1n) is 17.2. The Hall–Kier alpha value is -3.73. The Morgan fingerprint density at radius 2 is 1.83 bits per heavy atom. The molecule has 10 heteroatoms. The van der Waals surface area contributed by atoms with Gasteiger partial charge in [0.2, 0.25) is 0 Å². The van der Waals surface area contributed by atoms with Crippen molar-refractivity contribution >= 4 is 37.1 Å². The fraction of sp³-hybridized carbons (Fsp3) is 0.421. The summed E-state index contributed by atoms with van der Waals surface area (Å²) in [6.07, 6.45) is 11.3. The van der Waals surface area contributed by atoms with Gasteiger partial charge in [0.05, 0.1) is 27.1 Å². The van der Waals surface area contributed by atoms with Gasteiger partial charge in [-0.25, -0.2) is 13.4 Å². The first kappa shape index (κ1) is 31.5. The molecule has 1 fully saturated rings. The maximum atomic E-state index is 14.3. The second kappa shape index (κ2) is 12.6. The van der Waals surface area contributed by atoms with Crippen LogP contribution in [0.15, 0.2) is 59.9 Å². The number of nitrogens with one attached hydrogen (secondary N) is 1. The van der Waals surface area contributed by atoms with Crippen LogP contribution in [0.2, 0.25) is 0 Å². The monoisotopic (exact) mass is 679 g/mol. The number of nitrogens with zero attached hydrogens (tertiary/aromatic N) is 4. The molecule has 2 atom stereocenters. The Labute approximate surface area is 286 Å². The van der Waals surface area contributed by atoms with Crippen molar-refractivity contribution in [2.75, 3.05) is 24.3 Å². The largest absolute Gasteiger partial charge is 0.381 e. The van der Waals surface area contributed by atoms with Crippen molar-refractivity contribution < 1.29 is 13.2 Å². The molecule has 3 aliphatic rings. The molecule has 7 heterocycles. The Bertz CT molecular complexity index is 2120. The first-order valence-corrected chi connectivity index (χ1v) is 19.6. The van der Waals surface area contributed by atoms with Gasteiger partial charge in [0, 0.05) is 70.8 Å². The quantitative estimate of drug-likeness (QED) is 0.175. The van der Waals surface area contributed by atoms with E-state index in [1.807, 2.05) is 43.7 Å². The number of ether oxygens (including phenoxy) is 1. The fourth-order valence-corrected chi connectivity index (χ4v) is 11.3. The van der Waals surface area contributed by atoms with Gasteiger partial charge in [0.1, 0.15) is 5.82 Å². The second-order valence-electron chi connectivity index (χ2n) is 13.9. The number of hydrogen-bond acceptors (Lipinski definition) is 9. The minimum atomic E-state index is -3.60. The average molecular weight is 680 g/mol. The minimum Gasteiger partial charge on any atom is -0.381 e. The van der Waals surface area contributed by atoms with Crippen LogP contribution in [-0.4, -0.2) is 47.3 Å². The summed E-state index contributed by atoms with van der Waals surface area (Å²) >= 11 is 1.62. The molecule has 8 rings (SSSR count). The molecule has 0 radical (unpaired) electrons. The molecule has 2 aliphatic heterocycles. The van der Waals surface area contributed by atoms with Crippen LogP contribution in [0.3, 0.4) is 0 Å². The van der Waals surface area contributed by atoms with Crippen molar-refractivity contribution in [1.82, 2.24) is 19.9 Å². The van der Waals surface area contributed by atoms with Crippen LogP contribution in [0.25, 0.3) is 31.7 Å². The molecule has 1 aliphatic carbocycles. The Morgan fingerprint density at radius 3 is 2.65 bits per heavy atom. The predicted octanol–water partition coefficient (Wildman–Crippen LogP) is 8.11. The van der Waals surface area contributed by atoms with Crippen LogP contribution in [0, 0.1) is 18.8 Å². The maximum absolute atomic E-state index is 14.3. The third-order valence-corrected chi connectivity index (χ3v) is 13.4. The van der Waals surface area contributed by atoms with Crippen molar-refractivity contribution in [2.45, 2.75) is 76.2 Å². The van der Waals surface area contributed by atoms with Crippen LogP contribution in [0.4, 0.5) is 5.82 Å². The van der Waals surface area contributed by atoms with Crippen LogP contribution in [0.1, 0.15) is 79.8 Å². The number of hydrogen-bond donors (Lipinski definition) is 1. The topological polar surface area (TPSA) is 107 Å². The summed E-state index contributed by atoms with van der Waals surface area (Å²) in [6, 6.07) is 12.5. The van der Waals surface area contributed by atoms with E-state index in [0.717, 1.165) is 112 Å². The van der Waals surface area contributed by atoms with Crippen LogP contribution < -0.4 is 5.32 Å². The molecule has 248 valence electrons. The van der Waals surface area contributed by atoms with Crippen LogP contribution in [-0.2, 0) is 27.4 Å². The van der Waals surface area contributed by atoms with Crippen molar-refractivity contribution in [3.63, 3.8) is 0 Å². The summed E-state index contributed by atoms with van der Waals surface area (Å²) < 4.78 is 35.2. The van der Waals surface area contributed by atoms with Gasteiger partial charge >= 0.3 is 0 Å². The normalized spacial score (nSPS) is 20.3. The number of rotatable bonds is 8. The zero-order valence-corrected chi connectivity index (χ0v) is 29.3. The third-order valence-electron chi connectivity index (χ3n) is 10.4. The van der Waals surface area contributed by atoms with Gasteiger partial charge in [-0.2, -0.15) is 0 Å². The molecule has 5 aromatic heterocycles. The molecule has 8 nitrogen and oxygen atoms in total. The van der Waals surface area contributed by atoms with Gasteiger partial charge in [0.25, 0.3) is 0 Å². The molecule has 0 aromatic carbocycles. The van der Waals surface area contributed by atoms with Crippen molar-refractivity contribution in [1.29, 1.82) is 0 Å². The number of thiophene rings is 1. The van der Waals surface area contributed by atoms with Crippen molar-refractivity contribution in [3.05, 3.63) is 83.3 Å². The molecule has 1 saturated heterocycles. The lowest BCUT2D eigenvalue weighted by Gasteiger charge is -2.24.